The van der Waals surface area contributed by atoms with Crippen molar-refractivity contribution in [2.24, 2.45) is 0 Å². The molecule has 0 spiro atoms. The van der Waals surface area contributed by atoms with Gasteiger partial charge in [-0.05, 0) is 23.6 Å². The summed E-state index contributed by atoms with van der Waals surface area (Å²) in [4.78, 5) is 0. The average Bonchev–Trinajstić information content (AvgIpc) is 2.92. The molecule has 20 heavy (non-hydrogen) atoms. The topological polar surface area (TPSA) is 21.3 Å². The Balaban J connectivity index is 1.53. The molecule has 1 unspecified atom stereocenters. The van der Waals surface area contributed by atoms with Gasteiger partial charge in [-0.3, -0.25) is 0 Å². The van der Waals surface area contributed by atoms with Crippen LogP contribution in [0.1, 0.15) is 29.5 Å². The summed E-state index contributed by atoms with van der Waals surface area (Å²) in [6.07, 6.45) is 1.10. The number of para-hydroxylation sites is 1. The maximum atomic E-state index is 5.70. The fourth-order valence-electron chi connectivity index (χ4n) is 2.68. The van der Waals surface area contributed by atoms with E-state index >= 15 is 0 Å². The summed E-state index contributed by atoms with van der Waals surface area (Å²) in [5, 5.41) is 3.54. The molecule has 0 radical (unpaired) electrons. The molecule has 1 N–H and O–H groups in total. The van der Waals surface area contributed by atoms with Gasteiger partial charge in [0.05, 0.1) is 6.61 Å². The Morgan fingerprint density at radius 1 is 1.05 bits per heavy atom. The highest BCUT2D eigenvalue weighted by Crippen LogP contribution is 2.32. The van der Waals surface area contributed by atoms with Crippen molar-refractivity contribution in [3.8, 4) is 5.75 Å². The Bertz CT molecular complexity index is 562. The third-order valence-electron chi connectivity index (χ3n) is 3.95. The third-order valence-corrected chi connectivity index (χ3v) is 3.95. The summed E-state index contributed by atoms with van der Waals surface area (Å²) in [5.74, 6) is 1.52. The van der Waals surface area contributed by atoms with Crippen molar-refractivity contribution < 1.29 is 4.74 Å². The van der Waals surface area contributed by atoms with Crippen LogP contribution in [0, 0.1) is 0 Å². The Labute approximate surface area is 120 Å². The minimum atomic E-state index is 0.473. The first-order valence-electron chi connectivity index (χ1n) is 7.37. The van der Waals surface area contributed by atoms with Crippen LogP contribution in [0.15, 0.2) is 48.5 Å². The number of hydrogen-bond acceptors (Lipinski definition) is 2. The van der Waals surface area contributed by atoms with E-state index in [-0.39, 0.29) is 0 Å². The first-order valence-corrected chi connectivity index (χ1v) is 7.37. The van der Waals surface area contributed by atoms with Crippen LogP contribution in [-0.2, 0) is 13.0 Å². The molecule has 0 saturated carbocycles. The van der Waals surface area contributed by atoms with E-state index in [9.17, 15) is 0 Å². The quantitative estimate of drug-likeness (QED) is 0.895. The summed E-state index contributed by atoms with van der Waals surface area (Å²) in [5.41, 5.74) is 4.07. The van der Waals surface area contributed by atoms with Crippen LogP contribution in [-0.4, -0.2) is 13.2 Å². The largest absolute Gasteiger partial charge is 0.493 e. The Morgan fingerprint density at radius 2 is 1.80 bits per heavy atom. The number of aryl methyl sites for hydroxylation is 1. The zero-order valence-electron chi connectivity index (χ0n) is 11.9. The highest BCUT2D eigenvalue weighted by molar-refractivity contribution is 5.39. The minimum absolute atomic E-state index is 0.473. The lowest BCUT2D eigenvalue weighted by Gasteiger charge is -2.10. The lowest BCUT2D eigenvalue weighted by Crippen LogP contribution is -2.22. The van der Waals surface area contributed by atoms with Gasteiger partial charge in [-0.15, -0.1) is 0 Å². The van der Waals surface area contributed by atoms with E-state index in [2.05, 4.69) is 54.7 Å². The highest BCUT2D eigenvalue weighted by atomic mass is 16.5. The van der Waals surface area contributed by atoms with Crippen LogP contribution >= 0.6 is 0 Å². The van der Waals surface area contributed by atoms with Crippen molar-refractivity contribution in [1.82, 2.24) is 5.32 Å². The van der Waals surface area contributed by atoms with Crippen molar-refractivity contribution in [2.45, 2.75) is 25.8 Å². The van der Waals surface area contributed by atoms with Gasteiger partial charge in [0.1, 0.15) is 5.75 Å². The van der Waals surface area contributed by atoms with Crippen molar-refractivity contribution in [3.63, 3.8) is 0 Å². The average molecular weight is 267 g/mol. The van der Waals surface area contributed by atoms with Crippen molar-refractivity contribution in [1.29, 1.82) is 0 Å². The molecule has 104 valence electrons. The van der Waals surface area contributed by atoms with E-state index in [0.29, 0.717) is 5.92 Å². The van der Waals surface area contributed by atoms with E-state index in [4.69, 9.17) is 4.74 Å². The number of nitrogens with one attached hydrogen (secondary N) is 1. The normalized spacial score (nSPS) is 16.8. The maximum absolute atomic E-state index is 5.70. The lowest BCUT2D eigenvalue weighted by molar-refractivity contribution is 0.326. The van der Waals surface area contributed by atoms with Crippen LogP contribution in [0.5, 0.6) is 5.75 Å². The Morgan fingerprint density at radius 3 is 2.60 bits per heavy atom. The standard InChI is InChI=1S/C18H21NO/c1-2-14-7-9-15(10-8-14)11-19-12-16-13-20-18-6-4-3-5-17(16)18/h3-10,16,19H,2,11-13H2,1H3. The third kappa shape index (κ3) is 2.86. The molecule has 2 heteroatoms. The summed E-state index contributed by atoms with van der Waals surface area (Å²) >= 11 is 0. The summed E-state index contributed by atoms with van der Waals surface area (Å²) in [7, 11) is 0. The van der Waals surface area contributed by atoms with Crippen LogP contribution in [0.2, 0.25) is 0 Å². The molecule has 0 fully saturated rings. The van der Waals surface area contributed by atoms with Crippen LogP contribution < -0.4 is 10.1 Å². The van der Waals surface area contributed by atoms with Crippen molar-refractivity contribution in [2.75, 3.05) is 13.2 Å². The number of benzene rings is 2. The second-order valence-electron chi connectivity index (χ2n) is 5.35. The molecular formula is C18H21NO. The molecule has 0 saturated heterocycles. The molecule has 1 heterocycles. The first kappa shape index (κ1) is 13.2. The molecule has 0 amide bonds. The molecule has 1 aliphatic rings. The maximum Gasteiger partial charge on any atom is 0.122 e. The number of hydrogen-bond donors (Lipinski definition) is 1. The summed E-state index contributed by atoms with van der Waals surface area (Å²) in [6, 6.07) is 17.2. The SMILES string of the molecule is CCc1ccc(CNCC2COc3ccccc32)cc1. The van der Waals surface area contributed by atoms with Gasteiger partial charge in [0.2, 0.25) is 0 Å². The molecule has 1 aliphatic heterocycles. The smallest absolute Gasteiger partial charge is 0.122 e. The van der Waals surface area contributed by atoms with Crippen LogP contribution in [0.25, 0.3) is 0 Å². The van der Waals surface area contributed by atoms with Crippen molar-refractivity contribution in [3.05, 3.63) is 65.2 Å². The molecule has 0 aliphatic carbocycles. The molecule has 1 atom stereocenters. The number of rotatable bonds is 5. The fourth-order valence-corrected chi connectivity index (χ4v) is 2.68. The highest BCUT2D eigenvalue weighted by Gasteiger charge is 2.22. The van der Waals surface area contributed by atoms with Gasteiger partial charge in [-0.1, -0.05) is 49.4 Å². The van der Waals surface area contributed by atoms with E-state index in [1.54, 1.807) is 0 Å². The summed E-state index contributed by atoms with van der Waals surface area (Å²) < 4.78 is 5.70. The van der Waals surface area contributed by atoms with Gasteiger partial charge < -0.3 is 10.1 Å². The molecule has 2 nitrogen and oxygen atoms in total. The molecule has 3 rings (SSSR count). The van der Waals surface area contributed by atoms with E-state index in [1.165, 1.54) is 16.7 Å². The van der Waals surface area contributed by atoms with Gasteiger partial charge in [0.15, 0.2) is 0 Å². The second-order valence-corrected chi connectivity index (χ2v) is 5.35. The van der Waals surface area contributed by atoms with Gasteiger partial charge in [0.25, 0.3) is 0 Å². The van der Waals surface area contributed by atoms with E-state index in [0.717, 1.165) is 31.9 Å². The Kier molecular flexibility index (Phi) is 4.03. The molecule has 2 aromatic rings. The minimum Gasteiger partial charge on any atom is -0.493 e. The first-order chi connectivity index (χ1) is 9.86. The second kappa shape index (κ2) is 6.10. The number of fused-ring (bicyclic) bond motifs is 1. The molecule has 0 bridgehead atoms. The monoisotopic (exact) mass is 267 g/mol. The predicted molar refractivity (Wildman–Crippen MR) is 82.2 cm³/mol. The zero-order chi connectivity index (χ0) is 13.8. The fraction of sp³-hybridized carbons (Fsp3) is 0.333. The lowest BCUT2D eigenvalue weighted by atomic mass is 10.0. The van der Waals surface area contributed by atoms with Gasteiger partial charge in [0, 0.05) is 24.6 Å². The molecular weight excluding hydrogens is 246 g/mol. The predicted octanol–water partition coefficient (Wildman–Crippen LogP) is 3.51. The van der Waals surface area contributed by atoms with Crippen LogP contribution in [0.4, 0.5) is 0 Å². The zero-order valence-corrected chi connectivity index (χ0v) is 11.9. The van der Waals surface area contributed by atoms with Gasteiger partial charge in [-0.25, -0.2) is 0 Å². The molecule has 0 aromatic heterocycles. The van der Waals surface area contributed by atoms with E-state index in [1.807, 2.05) is 6.07 Å². The van der Waals surface area contributed by atoms with Gasteiger partial charge in [-0.2, -0.15) is 0 Å². The number of ether oxygens (including phenoxy) is 1. The summed E-state index contributed by atoms with van der Waals surface area (Å²) in [6.45, 7) is 4.86. The molecule has 2 aromatic carbocycles. The van der Waals surface area contributed by atoms with E-state index < -0.39 is 0 Å². The van der Waals surface area contributed by atoms with Crippen LogP contribution in [0.3, 0.4) is 0 Å². The van der Waals surface area contributed by atoms with Gasteiger partial charge >= 0.3 is 0 Å². The Hall–Kier alpha value is -1.80. The van der Waals surface area contributed by atoms with Crippen molar-refractivity contribution >= 4 is 0 Å².